The molecule has 0 atom stereocenters. The monoisotopic (exact) mass is 311 g/mol. The summed E-state index contributed by atoms with van der Waals surface area (Å²) in [6, 6.07) is 7.98. The lowest BCUT2D eigenvalue weighted by atomic mass is 10.2. The highest BCUT2D eigenvalue weighted by Crippen LogP contribution is 2.20. The third-order valence-corrected chi connectivity index (χ3v) is 3.15. The highest BCUT2D eigenvalue weighted by molar-refractivity contribution is 5.74. The summed E-state index contributed by atoms with van der Waals surface area (Å²) in [5.41, 5.74) is 1.75. The lowest BCUT2D eigenvalue weighted by Gasteiger charge is -1.95. The smallest absolute Gasteiger partial charge is 0.296 e. The van der Waals surface area contributed by atoms with Gasteiger partial charge in [-0.2, -0.15) is 9.97 Å². The van der Waals surface area contributed by atoms with Gasteiger partial charge >= 0.3 is 0 Å². The molecule has 0 saturated heterocycles. The van der Waals surface area contributed by atoms with Crippen LogP contribution in [0.2, 0.25) is 0 Å². The Morgan fingerprint density at radius 1 is 1.09 bits per heavy atom. The molecule has 0 bridgehead atoms. The number of pyridine rings is 1. The summed E-state index contributed by atoms with van der Waals surface area (Å²) in [6.45, 7) is 0.243. The fourth-order valence-corrected chi connectivity index (χ4v) is 2.07. The number of hydrogen-bond acceptors (Lipinski definition) is 7. The van der Waals surface area contributed by atoms with Crippen LogP contribution in [-0.2, 0) is 6.54 Å². The van der Waals surface area contributed by atoms with Crippen molar-refractivity contribution in [2.45, 2.75) is 6.54 Å². The minimum Gasteiger partial charge on any atom is -0.424 e. The number of hydrogen-bond donors (Lipinski definition) is 1. The minimum absolute atomic E-state index is 0.243. The Morgan fingerprint density at radius 3 is 2.83 bits per heavy atom. The molecule has 3 aromatic heterocycles. The Labute approximate surface area is 129 Å². The van der Waals surface area contributed by atoms with Gasteiger partial charge in [0.05, 0.1) is 6.54 Å². The van der Waals surface area contributed by atoms with Crippen molar-refractivity contribution >= 4 is 17.1 Å². The van der Waals surface area contributed by atoms with Crippen molar-refractivity contribution in [2.24, 2.45) is 0 Å². The number of nitrogens with one attached hydrogen (secondary N) is 1. The molecule has 4 aromatic rings. The van der Waals surface area contributed by atoms with Crippen LogP contribution < -0.4 is 5.32 Å². The van der Waals surface area contributed by atoms with Crippen LogP contribution in [-0.4, -0.2) is 20.1 Å². The van der Waals surface area contributed by atoms with Crippen molar-refractivity contribution < 1.29 is 13.3 Å². The second-order valence-electron chi connectivity index (χ2n) is 4.73. The molecule has 0 aliphatic rings. The quantitative estimate of drug-likeness (QED) is 0.619. The number of oxazole rings is 1. The van der Waals surface area contributed by atoms with E-state index in [0.29, 0.717) is 22.8 Å². The number of fused-ring (bicyclic) bond motifs is 1. The Hall–Kier alpha value is -3.29. The molecule has 7 nitrogen and oxygen atoms in total. The lowest BCUT2D eigenvalue weighted by Crippen LogP contribution is -1.99. The molecule has 4 rings (SSSR count). The van der Waals surface area contributed by atoms with E-state index in [1.165, 1.54) is 18.2 Å². The van der Waals surface area contributed by atoms with Crippen LogP contribution in [0.25, 0.3) is 22.5 Å². The number of anilines is 1. The molecular weight excluding hydrogens is 301 g/mol. The number of rotatable bonds is 4. The molecule has 0 amide bonds. The maximum atomic E-state index is 13.1. The highest BCUT2D eigenvalue weighted by Gasteiger charge is 2.10. The van der Waals surface area contributed by atoms with Crippen LogP contribution in [0.1, 0.15) is 5.89 Å². The molecular formula is C15H10FN5O2. The van der Waals surface area contributed by atoms with E-state index in [1.807, 2.05) is 0 Å². The number of benzene rings is 1. The first-order chi connectivity index (χ1) is 11.3. The maximum Gasteiger partial charge on any atom is 0.296 e. The van der Waals surface area contributed by atoms with Crippen molar-refractivity contribution in [1.82, 2.24) is 20.1 Å². The van der Waals surface area contributed by atoms with Crippen molar-refractivity contribution in [2.75, 3.05) is 5.32 Å². The zero-order valence-corrected chi connectivity index (χ0v) is 11.7. The molecule has 0 unspecified atom stereocenters. The first kappa shape index (κ1) is 13.4. The van der Waals surface area contributed by atoms with Gasteiger partial charge in [-0.25, -0.2) is 4.39 Å². The van der Waals surface area contributed by atoms with Crippen LogP contribution in [0.5, 0.6) is 0 Å². The second-order valence-corrected chi connectivity index (χ2v) is 4.73. The molecule has 8 heteroatoms. The van der Waals surface area contributed by atoms with Gasteiger partial charge in [0.25, 0.3) is 6.01 Å². The van der Waals surface area contributed by atoms with Crippen LogP contribution in [0.15, 0.2) is 51.7 Å². The fourth-order valence-electron chi connectivity index (χ4n) is 2.07. The van der Waals surface area contributed by atoms with Crippen LogP contribution in [0.3, 0.4) is 0 Å². The van der Waals surface area contributed by atoms with Crippen molar-refractivity contribution in [3.05, 3.63) is 54.4 Å². The normalized spacial score (nSPS) is 11.0. The summed E-state index contributed by atoms with van der Waals surface area (Å²) >= 11 is 0. The topological polar surface area (TPSA) is 89.9 Å². The Balaban J connectivity index is 1.49. The van der Waals surface area contributed by atoms with Gasteiger partial charge in [-0.1, -0.05) is 5.16 Å². The van der Waals surface area contributed by atoms with Gasteiger partial charge < -0.3 is 14.3 Å². The van der Waals surface area contributed by atoms with E-state index in [0.717, 1.165) is 5.56 Å². The lowest BCUT2D eigenvalue weighted by molar-refractivity contribution is 0.383. The van der Waals surface area contributed by atoms with Gasteiger partial charge in [0, 0.05) is 24.0 Å². The molecule has 0 aliphatic carbocycles. The molecule has 0 spiro atoms. The third kappa shape index (κ3) is 2.73. The molecule has 1 aromatic carbocycles. The summed E-state index contributed by atoms with van der Waals surface area (Å²) < 4.78 is 23.7. The minimum atomic E-state index is -0.365. The highest BCUT2D eigenvalue weighted by atomic mass is 19.1. The predicted molar refractivity (Wildman–Crippen MR) is 78.8 cm³/mol. The second kappa shape index (κ2) is 5.48. The van der Waals surface area contributed by atoms with Gasteiger partial charge in [0.2, 0.25) is 11.7 Å². The summed E-state index contributed by atoms with van der Waals surface area (Å²) in [7, 11) is 0. The predicted octanol–water partition coefficient (Wildman–Crippen LogP) is 3.02. The maximum absolute atomic E-state index is 13.1. The first-order valence-electron chi connectivity index (χ1n) is 6.81. The molecule has 0 fully saturated rings. The summed E-state index contributed by atoms with van der Waals surface area (Å²) in [4.78, 5) is 12.3. The van der Waals surface area contributed by atoms with Crippen LogP contribution in [0.4, 0.5) is 10.4 Å². The molecule has 3 heterocycles. The first-order valence-corrected chi connectivity index (χ1v) is 6.81. The van der Waals surface area contributed by atoms with Gasteiger partial charge in [-0.3, -0.25) is 4.98 Å². The number of halogens is 1. The standard InChI is InChI=1S/C15H10FN5O2/c16-10-1-2-12-11(7-10)19-15(22-12)18-8-13-20-14(21-23-13)9-3-5-17-6-4-9/h1-7H,8H2,(H,18,19). The Morgan fingerprint density at radius 2 is 1.96 bits per heavy atom. The molecule has 0 saturated carbocycles. The molecule has 114 valence electrons. The van der Waals surface area contributed by atoms with Crippen molar-refractivity contribution in [3.8, 4) is 11.4 Å². The Bertz CT molecular complexity index is 951. The van der Waals surface area contributed by atoms with E-state index in [4.69, 9.17) is 8.94 Å². The van der Waals surface area contributed by atoms with Gasteiger partial charge in [-0.15, -0.1) is 0 Å². The van der Waals surface area contributed by atoms with Gasteiger partial charge in [0.15, 0.2) is 5.58 Å². The largest absolute Gasteiger partial charge is 0.424 e. The van der Waals surface area contributed by atoms with E-state index in [2.05, 4.69) is 25.4 Å². The van der Waals surface area contributed by atoms with Gasteiger partial charge in [-0.05, 0) is 24.3 Å². The molecule has 0 radical (unpaired) electrons. The van der Waals surface area contributed by atoms with Crippen molar-refractivity contribution in [3.63, 3.8) is 0 Å². The molecule has 1 N–H and O–H groups in total. The molecule has 0 aliphatic heterocycles. The average molecular weight is 311 g/mol. The SMILES string of the molecule is Fc1ccc2oc(NCc3nc(-c4ccncc4)no3)nc2c1. The summed E-state index contributed by atoms with van der Waals surface area (Å²) in [6.07, 6.45) is 3.31. The van der Waals surface area contributed by atoms with E-state index in [-0.39, 0.29) is 18.4 Å². The van der Waals surface area contributed by atoms with E-state index in [9.17, 15) is 4.39 Å². The summed E-state index contributed by atoms with van der Waals surface area (Å²) in [5.74, 6) is 0.491. The number of nitrogens with zero attached hydrogens (tertiary/aromatic N) is 4. The third-order valence-electron chi connectivity index (χ3n) is 3.15. The van der Waals surface area contributed by atoms with Crippen LogP contribution in [0, 0.1) is 5.82 Å². The van der Waals surface area contributed by atoms with Gasteiger partial charge in [0.1, 0.15) is 11.3 Å². The van der Waals surface area contributed by atoms with E-state index in [1.54, 1.807) is 24.5 Å². The fraction of sp³-hybridized carbons (Fsp3) is 0.0667. The zero-order chi connectivity index (χ0) is 15.6. The zero-order valence-electron chi connectivity index (χ0n) is 11.7. The number of aromatic nitrogens is 4. The van der Waals surface area contributed by atoms with E-state index < -0.39 is 0 Å². The average Bonchev–Trinajstić information content (AvgIpc) is 3.20. The van der Waals surface area contributed by atoms with Crippen molar-refractivity contribution in [1.29, 1.82) is 0 Å². The van der Waals surface area contributed by atoms with Crippen LogP contribution >= 0.6 is 0 Å². The van der Waals surface area contributed by atoms with E-state index >= 15 is 0 Å². The molecule has 23 heavy (non-hydrogen) atoms. The Kier molecular flexibility index (Phi) is 3.19. The summed E-state index contributed by atoms with van der Waals surface area (Å²) in [5, 5.41) is 6.82.